The Morgan fingerprint density at radius 2 is 1.76 bits per heavy atom. The first-order chi connectivity index (χ1) is 16.2. The van der Waals surface area contributed by atoms with Crippen LogP contribution in [0.2, 0.25) is 0 Å². The van der Waals surface area contributed by atoms with Crippen LogP contribution < -0.4 is 10.1 Å². The van der Waals surface area contributed by atoms with Crippen LogP contribution in [0, 0.1) is 12.8 Å². The van der Waals surface area contributed by atoms with Gasteiger partial charge in [0.2, 0.25) is 5.78 Å². The number of carbonyl (C=O) groups excluding carboxylic acids is 2. The molecular formula is C26H29NO7. The number of aliphatic hydroxyl groups is 1. The zero-order valence-corrected chi connectivity index (χ0v) is 19.7. The van der Waals surface area contributed by atoms with Crippen molar-refractivity contribution < 1.29 is 34.1 Å². The molecule has 34 heavy (non-hydrogen) atoms. The number of rotatable bonds is 10. The van der Waals surface area contributed by atoms with Crippen LogP contribution in [-0.4, -0.2) is 47.7 Å². The second-order valence-electron chi connectivity index (χ2n) is 8.31. The first-order valence-electron chi connectivity index (χ1n) is 11.0. The van der Waals surface area contributed by atoms with Crippen LogP contribution in [0.3, 0.4) is 0 Å². The van der Waals surface area contributed by atoms with Crippen molar-refractivity contribution in [2.75, 3.05) is 13.9 Å². The molecule has 1 aliphatic carbocycles. The van der Waals surface area contributed by atoms with Gasteiger partial charge in [0.25, 0.3) is 0 Å². The van der Waals surface area contributed by atoms with Gasteiger partial charge in [0.05, 0.1) is 17.9 Å². The predicted octanol–water partition coefficient (Wildman–Crippen LogP) is 3.35. The molecule has 2 aromatic carbocycles. The molecule has 3 N–H and O–H groups in total. The topological polar surface area (TPSA) is 122 Å². The zero-order valence-electron chi connectivity index (χ0n) is 19.7. The molecule has 0 aliphatic heterocycles. The fourth-order valence-electron chi connectivity index (χ4n) is 4.06. The van der Waals surface area contributed by atoms with Gasteiger partial charge in [-0.2, -0.15) is 0 Å². The quantitative estimate of drug-likeness (QED) is 0.455. The molecule has 2 atom stereocenters. The van der Waals surface area contributed by atoms with Crippen LogP contribution in [0.4, 0.5) is 0 Å². The lowest BCUT2D eigenvalue weighted by Gasteiger charge is -2.28. The van der Waals surface area contributed by atoms with E-state index in [0.29, 0.717) is 12.0 Å². The Morgan fingerprint density at radius 1 is 1.12 bits per heavy atom. The maximum Gasteiger partial charge on any atom is 0.326 e. The second-order valence-corrected chi connectivity index (χ2v) is 8.31. The van der Waals surface area contributed by atoms with Crippen molar-refractivity contribution in [1.29, 1.82) is 0 Å². The van der Waals surface area contributed by atoms with Crippen molar-refractivity contribution in [1.82, 2.24) is 5.32 Å². The molecule has 0 spiro atoms. The number of aliphatic hydroxyl groups excluding tert-OH is 1. The number of nitrogens with one attached hydrogen (secondary N) is 1. The Balaban J connectivity index is 2.35. The Labute approximate surface area is 198 Å². The number of benzene rings is 2. The fourth-order valence-corrected chi connectivity index (χ4v) is 4.06. The van der Waals surface area contributed by atoms with Gasteiger partial charge in [0.1, 0.15) is 11.8 Å². The summed E-state index contributed by atoms with van der Waals surface area (Å²) in [7, 11) is 1.45. The van der Waals surface area contributed by atoms with Gasteiger partial charge in [-0.3, -0.25) is 9.59 Å². The Kier molecular flexibility index (Phi) is 7.86. The van der Waals surface area contributed by atoms with Crippen molar-refractivity contribution in [3.63, 3.8) is 0 Å². The normalized spacial score (nSPS) is 15.1. The number of carboxylic acid groups (broad SMARTS) is 1. The van der Waals surface area contributed by atoms with E-state index in [1.54, 1.807) is 37.3 Å². The van der Waals surface area contributed by atoms with Crippen LogP contribution in [0.15, 0.2) is 42.1 Å². The largest absolute Gasteiger partial charge is 0.480 e. The van der Waals surface area contributed by atoms with Gasteiger partial charge >= 0.3 is 5.97 Å². The number of allylic oxidation sites excluding steroid dienone is 2. The first kappa shape index (κ1) is 25.1. The number of hydrogen-bond donors (Lipinski definition) is 3. The van der Waals surface area contributed by atoms with Gasteiger partial charge in [0, 0.05) is 23.8 Å². The summed E-state index contributed by atoms with van der Waals surface area (Å²) in [5.74, 6) is -2.18. The third-order valence-corrected chi connectivity index (χ3v) is 5.98. The van der Waals surface area contributed by atoms with Crippen LogP contribution in [0.25, 0.3) is 5.57 Å². The smallest absolute Gasteiger partial charge is 0.326 e. The first-order valence-corrected chi connectivity index (χ1v) is 11.0. The lowest BCUT2D eigenvalue weighted by Crippen LogP contribution is -2.44. The highest BCUT2D eigenvalue weighted by molar-refractivity contribution is 6.41. The van der Waals surface area contributed by atoms with Crippen molar-refractivity contribution in [3.05, 3.63) is 69.9 Å². The Hall–Kier alpha value is -3.49. The average Bonchev–Trinajstić information content (AvgIpc) is 2.83. The van der Waals surface area contributed by atoms with E-state index in [0.717, 1.165) is 5.56 Å². The highest BCUT2D eigenvalue weighted by atomic mass is 16.7. The minimum absolute atomic E-state index is 0.0339. The van der Waals surface area contributed by atoms with Gasteiger partial charge in [-0.25, -0.2) is 4.79 Å². The van der Waals surface area contributed by atoms with Crippen LogP contribution >= 0.6 is 0 Å². The number of carbonyl (C=O) groups is 3. The van der Waals surface area contributed by atoms with Gasteiger partial charge in [0.15, 0.2) is 12.6 Å². The molecule has 0 amide bonds. The highest BCUT2D eigenvalue weighted by Gasteiger charge is 2.38. The van der Waals surface area contributed by atoms with Gasteiger partial charge in [-0.05, 0) is 30.0 Å². The maximum absolute atomic E-state index is 13.8. The SMILES string of the molecule is CC[C@H](C)[C@H](NC1=C(c2c(CO)cc(C)cc2OCOC)C(=O)c2ccccc2C1=O)C(=O)O. The predicted molar refractivity (Wildman–Crippen MR) is 126 cm³/mol. The summed E-state index contributed by atoms with van der Waals surface area (Å²) in [5, 5.41) is 22.9. The molecule has 2 aromatic rings. The number of ketones is 2. The number of carboxylic acids is 1. The van der Waals surface area contributed by atoms with Crippen molar-refractivity contribution in [3.8, 4) is 5.75 Å². The molecular weight excluding hydrogens is 438 g/mol. The summed E-state index contributed by atoms with van der Waals surface area (Å²) in [6, 6.07) is 8.66. The summed E-state index contributed by atoms with van der Waals surface area (Å²) in [6.45, 7) is 4.87. The third-order valence-electron chi connectivity index (χ3n) is 5.98. The molecule has 0 heterocycles. The summed E-state index contributed by atoms with van der Waals surface area (Å²) in [6.07, 6.45) is 0.542. The molecule has 0 aromatic heterocycles. The second kappa shape index (κ2) is 10.6. The number of fused-ring (bicyclic) bond motifs is 1. The van der Waals surface area contributed by atoms with Gasteiger partial charge in [-0.15, -0.1) is 0 Å². The van der Waals surface area contributed by atoms with Gasteiger partial charge in [-0.1, -0.05) is 50.6 Å². The summed E-state index contributed by atoms with van der Waals surface area (Å²) in [4.78, 5) is 39.5. The Morgan fingerprint density at radius 3 is 2.32 bits per heavy atom. The standard InChI is InChI=1S/C26H29NO7/c1-5-15(3)22(26(31)32)27-23-21(24(29)17-8-6-7-9-18(17)25(23)30)20-16(12-28)10-14(2)11-19(20)34-13-33-4/h6-11,15,22,27-28H,5,12-13H2,1-4H3,(H,31,32)/t15-,22-/m0/s1. The minimum Gasteiger partial charge on any atom is -0.480 e. The highest BCUT2D eigenvalue weighted by Crippen LogP contribution is 2.39. The van der Waals surface area contributed by atoms with Crippen LogP contribution in [-0.2, 0) is 16.1 Å². The van der Waals surface area contributed by atoms with Crippen LogP contribution in [0.1, 0.15) is 57.7 Å². The number of ether oxygens (including phenoxy) is 2. The summed E-state index contributed by atoms with van der Waals surface area (Å²) >= 11 is 0. The molecule has 0 saturated carbocycles. The van der Waals surface area contributed by atoms with E-state index in [9.17, 15) is 24.6 Å². The molecule has 3 rings (SSSR count). The molecule has 0 bridgehead atoms. The van der Waals surface area contributed by atoms with E-state index in [1.807, 2.05) is 13.8 Å². The summed E-state index contributed by atoms with van der Waals surface area (Å²) < 4.78 is 10.8. The third kappa shape index (κ3) is 4.73. The number of hydrogen-bond acceptors (Lipinski definition) is 7. The summed E-state index contributed by atoms with van der Waals surface area (Å²) in [5.41, 5.74) is 1.59. The maximum atomic E-state index is 13.8. The monoisotopic (exact) mass is 467 g/mol. The van der Waals surface area contributed by atoms with Crippen molar-refractivity contribution in [2.45, 2.75) is 39.8 Å². The van der Waals surface area contributed by atoms with Crippen LogP contribution in [0.5, 0.6) is 5.75 Å². The molecule has 8 nitrogen and oxygen atoms in total. The molecule has 0 unspecified atom stereocenters. The average molecular weight is 468 g/mol. The molecule has 0 fully saturated rings. The molecule has 1 aliphatic rings. The molecule has 0 radical (unpaired) electrons. The van der Waals surface area contributed by atoms with E-state index < -0.39 is 30.2 Å². The van der Waals surface area contributed by atoms with E-state index in [4.69, 9.17) is 9.47 Å². The molecule has 0 saturated heterocycles. The Bertz CT molecular complexity index is 1150. The van der Waals surface area contributed by atoms with E-state index in [-0.39, 0.29) is 46.4 Å². The zero-order chi connectivity index (χ0) is 25.0. The fraction of sp³-hybridized carbons (Fsp3) is 0.346. The lowest BCUT2D eigenvalue weighted by molar-refractivity contribution is -0.140. The molecule has 8 heteroatoms. The van der Waals surface area contributed by atoms with E-state index in [2.05, 4.69) is 5.32 Å². The van der Waals surface area contributed by atoms with Crippen molar-refractivity contribution >= 4 is 23.1 Å². The van der Waals surface area contributed by atoms with E-state index in [1.165, 1.54) is 13.2 Å². The van der Waals surface area contributed by atoms with Gasteiger partial charge < -0.3 is 25.0 Å². The lowest BCUT2D eigenvalue weighted by atomic mass is 9.81. The van der Waals surface area contributed by atoms with E-state index >= 15 is 0 Å². The number of aliphatic carboxylic acids is 1. The number of methoxy groups -OCH3 is 1. The van der Waals surface area contributed by atoms with Crippen molar-refractivity contribution in [2.24, 2.45) is 5.92 Å². The number of Topliss-reactive ketones (excluding diaryl/α,β-unsaturated/α-hetero) is 2. The molecule has 180 valence electrons. The number of aryl methyl sites for hydroxylation is 1. The minimum atomic E-state index is -1.14.